The molecule has 2 aliphatic rings. The molecule has 3 N–H and O–H groups in total. The minimum atomic E-state index is -2.35. The van der Waals surface area contributed by atoms with E-state index in [-0.39, 0.29) is 25.6 Å². The van der Waals surface area contributed by atoms with Gasteiger partial charge in [-0.3, -0.25) is 33.6 Å². The van der Waals surface area contributed by atoms with Gasteiger partial charge in [0.1, 0.15) is 41.5 Å². The maximum atomic E-state index is 13.6. The van der Waals surface area contributed by atoms with Crippen molar-refractivity contribution in [3.63, 3.8) is 0 Å². The van der Waals surface area contributed by atoms with Crippen molar-refractivity contribution in [3.8, 4) is 17.6 Å². The van der Waals surface area contributed by atoms with Crippen LogP contribution in [0, 0.1) is 17.2 Å². The van der Waals surface area contributed by atoms with E-state index in [2.05, 4.69) is 25.8 Å². The summed E-state index contributed by atoms with van der Waals surface area (Å²) in [5.74, 6) is 0.878. The SMILES string of the molecule is COc1ccc(C(OC[C@H]2O[C@@H](n3ccc(=O)[nH]c3=O)[C@H](OC)[C@@H]2CCN(CCN(C)C)C[C@H]2O[C@@H](n3ccc(=O)[nH]c3=O)[C@H](OC)[C@@H]2OP(O)N(C(C)C)C(C)(C)CCC#N)(c2ccccc2)c2ccc(OC)cc2)cc1. The molecule has 0 radical (unpaired) electrons. The fourth-order valence-electron chi connectivity index (χ4n) is 10.8. The van der Waals surface area contributed by atoms with Crippen molar-refractivity contribution in [2.45, 2.75) is 107 Å². The average Bonchev–Trinajstić information content (AvgIpc) is 3.97. The molecule has 22 heteroatoms. The van der Waals surface area contributed by atoms with Crippen LogP contribution in [-0.2, 0) is 33.8 Å². The number of hydrogen-bond donors (Lipinski definition) is 3. The van der Waals surface area contributed by atoms with E-state index in [1.807, 2.05) is 125 Å². The molecule has 2 saturated heterocycles. The number of likely N-dealkylation sites (N-methyl/N-ethyl adjacent to an activating group) is 1. The number of nitriles is 1. The van der Waals surface area contributed by atoms with Crippen molar-refractivity contribution in [2.24, 2.45) is 5.92 Å². The molecule has 0 bridgehead atoms. The van der Waals surface area contributed by atoms with E-state index >= 15 is 0 Å². The number of rotatable bonds is 27. The van der Waals surface area contributed by atoms with Gasteiger partial charge in [0.05, 0.1) is 33.0 Å². The molecular weight excluding hydrogens is 1020 g/mol. The van der Waals surface area contributed by atoms with Crippen molar-refractivity contribution < 1.29 is 42.6 Å². The van der Waals surface area contributed by atoms with Gasteiger partial charge in [0.15, 0.2) is 12.5 Å². The Morgan fingerprint density at radius 2 is 1.24 bits per heavy atom. The van der Waals surface area contributed by atoms with Gasteiger partial charge < -0.3 is 47.5 Å². The zero-order chi connectivity index (χ0) is 56.3. The highest BCUT2D eigenvalue weighted by molar-refractivity contribution is 7.43. The molecule has 0 aliphatic carbocycles. The molecule has 3 aromatic carbocycles. The van der Waals surface area contributed by atoms with Gasteiger partial charge in [-0.2, -0.15) is 5.26 Å². The molecule has 21 nitrogen and oxygen atoms in total. The summed E-state index contributed by atoms with van der Waals surface area (Å²) < 4.78 is 55.9. The Bertz CT molecular complexity index is 2930. The summed E-state index contributed by atoms with van der Waals surface area (Å²) in [6, 6.07) is 29.8. The molecule has 9 atom stereocenters. The van der Waals surface area contributed by atoms with Gasteiger partial charge in [0.25, 0.3) is 19.6 Å². The first-order valence-corrected chi connectivity index (χ1v) is 27.2. The number of benzene rings is 3. The van der Waals surface area contributed by atoms with Crippen molar-refractivity contribution in [1.29, 1.82) is 5.26 Å². The van der Waals surface area contributed by atoms with Crippen LogP contribution in [0.25, 0.3) is 0 Å². The van der Waals surface area contributed by atoms with Crippen LogP contribution in [0.5, 0.6) is 11.5 Å². The van der Waals surface area contributed by atoms with Crippen LogP contribution in [0.15, 0.2) is 123 Å². The van der Waals surface area contributed by atoms with Gasteiger partial charge in [-0.25, -0.2) is 14.3 Å². The molecule has 2 aromatic heterocycles. The van der Waals surface area contributed by atoms with Gasteiger partial charge in [-0.15, -0.1) is 0 Å². The lowest BCUT2D eigenvalue weighted by atomic mass is 9.79. The third kappa shape index (κ3) is 13.6. The molecule has 78 heavy (non-hydrogen) atoms. The average molecular weight is 1100 g/mol. The van der Waals surface area contributed by atoms with Crippen LogP contribution in [0.2, 0.25) is 0 Å². The Balaban J connectivity index is 1.27. The van der Waals surface area contributed by atoms with E-state index in [4.69, 9.17) is 37.7 Å². The van der Waals surface area contributed by atoms with Crippen molar-refractivity contribution in [2.75, 3.05) is 75.3 Å². The number of nitrogens with one attached hydrogen (secondary N) is 2. The highest BCUT2D eigenvalue weighted by Crippen LogP contribution is 2.50. The van der Waals surface area contributed by atoms with Crippen LogP contribution in [0.3, 0.4) is 0 Å². The van der Waals surface area contributed by atoms with Crippen molar-refractivity contribution in [1.82, 2.24) is 33.6 Å². The Labute approximate surface area is 456 Å². The number of H-pyrrole nitrogens is 2. The Hall–Kier alpha value is -5.86. The van der Waals surface area contributed by atoms with Crippen molar-refractivity contribution in [3.05, 3.63) is 162 Å². The number of aromatic nitrogens is 4. The standard InChI is InChI=1S/C56H75N8O13P/c1-37(2)64(55(3,4)28-14-29-57)78(69)77-49-44(75-52(50(49)73-10)63-32-27-47(66)59-54(63)68)35-61(34-33-60(5)6)30-25-43-45(76-51(48(43)72-9)62-31-26-46(65)58-53(62)67)36-74-56(38-15-12-11-13-16-38,39-17-21-41(70-7)22-18-39)40-19-23-42(71-8)24-20-40/h11-13,15-24,26-27,31-32,37,43-45,48-52,69H,14,25,28,30,33-36H2,1-10H3,(H,58,65,67)(H,59,66,68)/t43-,44-,45-,48-,49-,50-,51-,52-,78?/m1/s1. The fraction of sp³-hybridized carbons (Fsp3) is 0.518. The number of aromatic amines is 2. The van der Waals surface area contributed by atoms with E-state index in [0.717, 1.165) is 16.7 Å². The number of nitrogens with zero attached hydrogens (tertiary/aromatic N) is 6. The Morgan fingerprint density at radius 1 is 0.718 bits per heavy atom. The first kappa shape index (κ1) is 59.8. The van der Waals surface area contributed by atoms with E-state index in [9.17, 15) is 29.3 Å². The smallest absolute Gasteiger partial charge is 0.330 e. The van der Waals surface area contributed by atoms with E-state index in [1.54, 1.807) is 21.3 Å². The first-order chi connectivity index (χ1) is 37.4. The minimum absolute atomic E-state index is 0.00629. The normalized spacial score (nSPS) is 22.1. The molecule has 1 unspecified atom stereocenters. The first-order valence-electron chi connectivity index (χ1n) is 26.1. The van der Waals surface area contributed by atoms with Gasteiger partial charge in [-0.1, -0.05) is 54.6 Å². The zero-order valence-electron chi connectivity index (χ0n) is 46.1. The molecule has 4 heterocycles. The molecule has 7 rings (SSSR count). The third-order valence-electron chi connectivity index (χ3n) is 14.7. The van der Waals surface area contributed by atoms with Gasteiger partial charge in [0.2, 0.25) is 0 Å². The van der Waals surface area contributed by atoms with E-state index in [0.29, 0.717) is 44.0 Å². The summed E-state index contributed by atoms with van der Waals surface area (Å²) in [7, 11) is 7.86. The fourth-order valence-corrected chi connectivity index (χ4v) is 12.3. The summed E-state index contributed by atoms with van der Waals surface area (Å²) >= 11 is 0. The molecule has 2 fully saturated rings. The summed E-state index contributed by atoms with van der Waals surface area (Å²) in [4.78, 5) is 72.8. The monoisotopic (exact) mass is 1100 g/mol. The maximum Gasteiger partial charge on any atom is 0.330 e. The van der Waals surface area contributed by atoms with Crippen LogP contribution >= 0.6 is 8.53 Å². The molecule has 422 valence electrons. The number of ether oxygens (including phenoxy) is 7. The highest BCUT2D eigenvalue weighted by atomic mass is 31.2. The molecule has 2 aliphatic heterocycles. The van der Waals surface area contributed by atoms with Crippen molar-refractivity contribution >= 4 is 8.53 Å². The van der Waals surface area contributed by atoms with Crippen LogP contribution in [0.1, 0.15) is 76.1 Å². The lowest BCUT2D eigenvalue weighted by Gasteiger charge is -2.43. The molecule has 5 aromatic rings. The maximum absolute atomic E-state index is 13.6. The predicted molar refractivity (Wildman–Crippen MR) is 293 cm³/mol. The molecular formula is C56H75N8O13P. The van der Waals surface area contributed by atoms with Crippen LogP contribution < -0.4 is 32.0 Å². The van der Waals surface area contributed by atoms with Gasteiger partial charge in [-0.05, 0) is 102 Å². The van der Waals surface area contributed by atoms with E-state index in [1.165, 1.54) is 40.8 Å². The second-order valence-electron chi connectivity index (χ2n) is 20.7. The number of hydrogen-bond acceptors (Lipinski definition) is 17. The Morgan fingerprint density at radius 3 is 1.73 bits per heavy atom. The number of methoxy groups -OCH3 is 4. The molecule has 0 saturated carbocycles. The predicted octanol–water partition coefficient (Wildman–Crippen LogP) is 5.20. The second kappa shape index (κ2) is 26.9. The molecule has 0 amide bonds. The summed E-state index contributed by atoms with van der Waals surface area (Å²) in [5, 5.41) is 9.52. The van der Waals surface area contributed by atoms with Gasteiger partial charge >= 0.3 is 11.4 Å². The highest BCUT2D eigenvalue weighted by Gasteiger charge is 2.52. The summed E-state index contributed by atoms with van der Waals surface area (Å²) in [6.07, 6.45) is -2.33. The minimum Gasteiger partial charge on any atom is -0.497 e. The lowest BCUT2D eigenvalue weighted by Crippen LogP contribution is -2.48. The third-order valence-corrected chi connectivity index (χ3v) is 16.5. The second-order valence-corrected chi connectivity index (χ2v) is 21.8. The Kier molecular flexibility index (Phi) is 20.6. The van der Waals surface area contributed by atoms with Crippen LogP contribution in [0.4, 0.5) is 0 Å². The van der Waals surface area contributed by atoms with Gasteiger partial charge in [0, 0.05) is 82.3 Å². The summed E-state index contributed by atoms with van der Waals surface area (Å²) in [5.41, 5.74) is -1.95. The van der Waals surface area contributed by atoms with E-state index < -0.39 is 91.1 Å². The lowest BCUT2D eigenvalue weighted by molar-refractivity contribution is -0.0932. The van der Waals surface area contributed by atoms with Crippen LogP contribution in [-0.4, -0.2) is 156 Å². The topological polar surface area (TPSA) is 237 Å². The largest absolute Gasteiger partial charge is 0.497 e. The molecule has 0 spiro atoms. The zero-order valence-corrected chi connectivity index (χ0v) is 47.0. The quantitative estimate of drug-likeness (QED) is 0.0452. The summed E-state index contributed by atoms with van der Waals surface area (Å²) in [6.45, 7) is 9.57.